The summed E-state index contributed by atoms with van der Waals surface area (Å²) < 4.78 is 32.4. The Morgan fingerprint density at radius 3 is 2.71 bits per heavy atom. The molecule has 120 valence electrons. The summed E-state index contributed by atoms with van der Waals surface area (Å²) in [6, 6.07) is 3.41. The van der Waals surface area contributed by atoms with Crippen LogP contribution in [0.3, 0.4) is 0 Å². The normalized spacial score (nSPS) is 11.5. The van der Waals surface area contributed by atoms with Crippen molar-refractivity contribution in [2.45, 2.75) is 38.1 Å². The van der Waals surface area contributed by atoms with Crippen LogP contribution in [-0.4, -0.2) is 39.7 Å². The Labute approximate surface area is 127 Å². The first-order valence-electron chi connectivity index (χ1n) is 7.38. The molecule has 0 aliphatic heterocycles. The van der Waals surface area contributed by atoms with Crippen molar-refractivity contribution in [3.8, 4) is 0 Å². The van der Waals surface area contributed by atoms with Gasteiger partial charge in [-0.05, 0) is 31.9 Å². The topological polar surface area (TPSA) is 80.3 Å². The van der Waals surface area contributed by atoms with Gasteiger partial charge < -0.3 is 10.1 Å². The predicted octanol–water partition coefficient (Wildman–Crippen LogP) is 2.00. The maximum absolute atomic E-state index is 12.2. The Bertz CT molecular complexity index is 506. The molecule has 2 N–H and O–H groups in total. The molecule has 0 unspecified atom stereocenters. The highest BCUT2D eigenvalue weighted by Crippen LogP contribution is 2.17. The largest absolute Gasteiger partial charge is 0.383 e. The van der Waals surface area contributed by atoms with Crippen LogP contribution in [0.25, 0.3) is 0 Å². The third kappa shape index (κ3) is 6.41. The lowest BCUT2D eigenvalue weighted by Gasteiger charge is -2.11. The van der Waals surface area contributed by atoms with Crippen molar-refractivity contribution in [2.24, 2.45) is 0 Å². The number of nitrogens with zero attached hydrogens (tertiary/aromatic N) is 1. The van der Waals surface area contributed by atoms with Crippen LogP contribution in [-0.2, 0) is 14.8 Å². The molecule has 7 heteroatoms. The van der Waals surface area contributed by atoms with Crippen LogP contribution in [0.15, 0.2) is 23.4 Å². The molecule has 6 nitrogen and oxygen atoms in total. The molecule has 0 spiro atoms. The molecule has 0 aliphatic carbocycles. The fourth-order valence-corrected chi connectivity index (χ4v) is 2.91. The molecule has 1 rings (SSSR count). The van der Waals surface area contributed by atoms with E-state index in [1.807, 2.05) is 6.92 Å². The van der Waals surface area contributed by atoms with Gasteiger partial charge in [0, 0.05) is 32.5 Å². The number of unbranched alkanes of at least 4 members (excludes halogenated alkanes) is 1. The van der Waals surface area contributed by atoms with Crippen molar-refractivity contribution in [1.29, 1.82) is 0 Å². The van der Waals surface area contributed by atoms with E-state index < -0.39 is 10.0 Å². The number of ether oxygens (including phenoxy) is 1. The van der Waals surface area contributed by atoms with Crippen LogP contribution in [0.4, 0.5) is 5.69 Å². The smallest absolute Gasteiger partial charge is 0.260 e. The summed E-state index contributed by atoms with van der Waals surface area (Å²) in [5, 5.41) is 3.04. The second-order valence-corrected chi connectivity index (χ2v) is 6.29. The standard InChI is InChI=1S/C14H25N3O3S/c1-3-5-11-20-12-7-10-17-21(18,19)14-13(15-4-2)8-6-9-16-14/h6,8-9,15,17H,3-5,7,10-12H2,1-2H3. The molecule has 0 bridgehead atoms. The molecule has 0 radical (unpaired) electrons. The van der Waals surface area contributed by atoms with Crippen LogP contribution >= 0.6 is 0 Å². The van der Waals surface area contributed by atoms with Gasteiger partial charge in [0.15, 0.2) is 5.03 Å². The Kier molecular flexibility index (Phi) is 8.26. The monoisotopic (exact) mass is 315 g/mol. The third-order valence-corrected chi connectivity index (χ3v) is 4.21. The summed E-state index contributed by atoms with van der Waals surface area (Å²) in [5.41, 5.74) is 0.520. The van der Waals surface area contributed by atoms with Gasteiger partial charge in [-0.1, -0.05) is 13.3 Å². The van der Waals surface area contributed by atoms with Gasteiger partial charge in [-0.25, -0.2) is 18.1 Å². The number of anilines is 1. The Morgan fingerprint density at radius 2 is 2.00 bits per heavy atom. The molecule has 0 fully saturated rings. The highest BCUT2D eigenvalue weighted by atomic mass is 32.2. The lowest BCUT2D eigenvalue weighted by atomic mass is 10.4. The van der Waals surface area contributed by atoms with E-state index >= 15 is 0 Å². The first-order chi connectivity index (χ1) is 10.1. The van der Waals surface area contributed by atoms with E-state index in [4.69, 9.17) is 4.74 Å². The molecule has 0 amide bonds. The average molecular weight is 315 g/mol. The molecule has 0 saturated carbocycles. The molecule has 0 aromatic carbocycles. The molecule has 21 heavy (non-hydrogen) atoms. The molecule has 1 aromatic heterocycles. The Balaban J connectivity index is 2.46. The summed E-state index contributed by atoms with van der Waals surface area (Å²) in [6.07, 6.45) is 4.25. The number of sulfonamides is 1. The molecule has 0 atom stereocenters. The summed E-state index contributed by atoms with van der Waals surface area (Å²) in [4.78, 5) is 3.96. The highest BCUT2D eigenvalue weighted by molar-refractivity contribution is 7.89. The fraction of sp³-hybridized carbons (Fsp3) is 0.643. The first kappa shape index (κ1) is 17.9. The maximum atomic E-state index is 12.2. The van der Waals surface area contributed by atoms with Crippen molar-refractivity contribution >= 4 is 15.7 Å². The van der Waals surface area contributed by atoms with E-state index in [0.29, 0.717) is 31.8 Å². The zero-order chi connectivity index (χ0) is 15.6. The molecule has 1 aromatic rings. The maximum Gasteiger partial charge on any atom is 0.260 e. The van der Waals surface area contributed by atoms with E-state index in [1.165, 1.54) is 6.20 Å². The van der Waals surface area contributed by atoms with Gasteiger partial charge in [-0.15, -0.1) is 0 Å². The van der Waals surface area contributed by atoms with Crippen molar-refractivity contribution in [3.05, 3.63) is 18.3 Å². The first-order valence-corrected chi connectivity index (χ1v) is 8.86. The van der Waals surface area contributed by atoms with E-state index in [2.05, 4.69) is 21.9 Å². The number of aromatic nitrogens is 1. The van der Waals surface area contributed by atoms with E-state index in [1.54, 1.807) is 12.1 Å². The van der Waals surface area contributed by atoms with Crippen molar-refractivity contribution in [3.63, 3.8) is 0 Å². The van der Waals surface area contributed by atoms with Crippen LogP contribution in [0.5, 0.6) is 0 Å². The predicted molar refractivity (Wildman–Crippen MR) is 83.9 cm³/mol. The number of hydrogen-bond donors (Lipinski definition) is 2. The Morgan fingerprint density at radius 1 is 1.24 bits per heavy atom. The van der Waals surface area contributed by atoms with Gasteiger partial charge in [0.05, 0.1) is 5.69 Å². The lowest BCUT2D eigenvalue weighted by molar-refractivity contribution is 0.130. The van der Waals surface area contributed by atoms with Gasteiger partial charge in [-0.3, -0.25) is 0 Å². The van der Waals surface area contributed by atoms with Gasteiger partial charge in [0.2, 0.25) is 0 Å². The van der Waals surface area contributed by atoms with Gasteiger partial charge in [0.25, 0.3) is 10.0 Å². The second-order valence-electron chi connectivity index (χ2n) is 4.60. The molecular weight excluding hydrogens is 290 g/mol. The van der Waals surface area contributed by atoms with Crippen LogP contribution < -0.4 is 10.0 Å². The van der Waals surface area contributed by atoms with E-state index in [9.17, 15) is 8.42 Å². The zero-order valence-corrected chi connectivity index (χ0v) is 13.6. The van der Waals surface area contributed by atoms with E-state index in [0.717, 1.165) is 19.4 Å². The minimum absolute atomic E-state index is 0.0405. The number of pyridine rings is 1. The number of nitrogens with one attached hydrogen (secondary N) is 2. The minimum atomic E-state index is -3.59. The van der Waals surface area contributed by atoms with Gasteiger partial charge >= 0.3 is 0 Å². The third-order valence-electron chi connectivity index (χ3n) is 2.79. The molecule has 0 saturated heterocycles. The van der Waals surface area contributed by atoms with Crippen molar-refractivity contribution in [1.82, 2.24) is 9.71 Å². The molecular formula is C14H25N3O3S. The zero-order valence-electron chi connectivity index (χ0n) is 12.8. The van der Waals surface area contributed by atoms with Crippen LogP contribution in [0.2, 0.25) is 0 Å². The SMILES string of the molecule is CCCCOCCCNS(=O)(=O)c1ncccc1NCC. The Hall–Kier alpha value is -1.18. The average Bonchev–Trinajstić information content (AvgIpc) is 2.47. The number of rotatable bonds is 11. The molecule has 1 heterocycles. The summed E-state index contributed by atoms with van der Waals surface area (Å²) in [5.74, 6) is 0. The number of hydrogen-bond acceptors (Lipinski definition) is 5. The second kappa shape index (κ2) is 9.70. The minimum Gasteiger partial charge on any atom is -0.383 e. The van der Waals surface area contributed by atoms with Crippen LogP contribution in [0.1, 0.15) is 33.1 Å². The van der Waals surface area contributed by atoms with Gasteiger partial charge in [-0.2, -0.15) is 0 Å². The summed E-state index contributed by atoms with van der Waals surface area (Å²) in [6.45, 7) is 6.28. The highest BCUT2D eigenvalue weighted by Gasteiger charge is 2.19. The quantitative estimate of drug-likeness (QED) is 0.611. The van der Waals surface area contributed by atoms with E-state index in [-0.39, 0.29) is 5.03 Å². The fourth-order valence-electron chi connectivity index (χ4n) is 1.73. The van der Waals surface area contributed by atoms with Gasteiger partial charge in [0.1, 0.15) is 0 Å². The lowest BCUT2D eigenvalue weighted by Crippen LogP contribution is -2.27. The van der Waals surface area contributed by atoms with Crippen LogP contribution in [0, 0.1) is 0 Å². The molecule has 0 aliphatic rings. The summed E-state index contributed by atoms with van der Waals surface area (Å²) >= 11 is 0. The van der Waals surface area contributed by atoms with Crippen molar-refractivity contribution in [2.75, 3.05) is 31.6 Å². The summed E-state index contributed by atoms with van der Waals surface area (Å²) in [7, 11) is -3.59. The van der Waals surface area contributed by atoms with Crippen molar-refractivity contribution < 1.29 is 13.2 Å².